The van der Waals surface area contributed by atoms with Gasteiger partial charge in [0.1, 0.15) is 0 Å². The summed E-state index contributed by atoms with van der Waals surface area (Å²) in [5.41, 5.74) is -0.651. The average Bonchev–Trinajstić information content (AvgIpc) is 1.64. The van der Waals surface area contributed by atoms with Gasteiger partial charge in [0, 0.05) is 6.42 Å². The second kappa shape index (κ2) is 1.86. The summed E-state index contributed by atoms with van der Waals surface area (Å²) in [6.45, 7) is 0. The van der Waals surface area contributed by atoms with E-state index in [0.717, 1.165) is 19.3 Å². The van der Waals surface area contributed by atoms with Gasteiger partial charge >= 0.3 is 0 Å². The molecule has 0 amide bonds. The Balaban J connectivity index is 2.29. The van der Waals surface area contributed by atoms with Crippen LogP contribution in [0.3, 0.4) is 0 Å². The first kappa shape index (κ1) is 5.76. The third kappa shape index (κ3) is 0.892. The molecule has 1 fully saturated rings. The smallest absolute Gasteiger partial charge is 0.201 e. The number of hydrogen-bond donors (Lipinski definition) is 1. The van der Waals surface area contributed by atoms with Gasteiger partial charge < -0.3 is 5.11 Å². The molecule has 2 heteroatoms. The SMILES string of the molecule is O=[C]CC1(O)CCC1. The predicted octanol–water partition coefficient (Wildman–Crippen LogP) is 0.401. The maximum absolute atomic E-state index is 9.73. The minimum Gasteiger partial charge on any atom is -0.389 e. The Morgan fingerprint density at radius 3 is 2.38 bits per heavy atom. The monoisotopic (exact) mass is 113 g/mol. The van der Waals surface area contributed by atoms with Crippen molar-refractivity contribution in [1.82, 2.24) is 0 Å². The number of rotatable bonds is 2. The Morgan fingerprint density at radius 1 is 1.62 bits per heavy atom. The lowest BCUT2D eigenvalue weighted by Gasteiger charge is -2.34. The van der Waals surface area contributed by atoms with Gasteiger partial charge in [-0.05, 0) is 19.3 Å². The summed E-state index contributed by atoms with van der Waals surface area (Å²) >= 11 is 0. The van der Waals surface area contributed by atoms with Crippen LogP contribution in [0.5, 0.6) is 0 Å². The highest BCUT2D eigenvalue weighted by molar-refractivity contribution is 5.52. The van der Waals surface area contributed by atoms with Gasteiger partial charge in [-0.25, -0.2) is 0 Å². The Bertz CT molecular complexity index is 94.7. The summed E-state index contributed by atoms with van der Waals surface area (Å²) in [5, 5.41) is 9.15. The molecule has 0 aliphatic heterocycles. The molecule has 1 N–H and O–H groups in total. The van der Waals surface area contributed by atoms with Crippen LogP contribution in [-0.4, -0.2) is 17.0 Å². The minimum absolute atomic E-state index is 0.201. The van der Waals surface area contributed by atoms with Crippen molar-refractivity contribution in [3.05, 3.63) is 0 Å². The summed E-state index contributed by atoms with van der Waals surface area (Å²) < 4.78 is 0. The van der Waals surface area contributed by atoms with Gasteiger partial charge in [0.2, 0.25) is 6.29 Å². The van der Waals surface area contributed by atoms with Gasteiger partial charge in [-0.15, -0.1) is 0 Å². The molecule has 0 heterocycles. The summed E-state index contributed by atoms with van der Waals surface area (Å²) in [5.74, 6) is 0. The van der Waals surface area contributed by atoms with Gasteiger partial charge in [-0.3, -0.25) is 4.79 Å². The van der Waals surface area contributed by atoms with Crippen LogP contribution in [0.2, 0.25) is 0 Å². The van der Waals surface area contributed by atoms with Gasteiger partial charge in [0.15, 0.2) is 0 Å². The normalized spacial score (nSPS) is 24.1. The third-order valence-corrected chi connectivity index (χ3v) is 1.69. The van der Waals surface area contributed by atoms with Crippen LogP contribution in [0.15, 0.2) is 0 Å². The predicted molar refractivity (Wildman–Crippen MR) is 29.1 cm³/mol. The molecular weight excluding hydrogens is 104 g/mol. The van der Waals surface area contributed by atoms with E-state index in [-0.39, 0.29) is 6.42 Å². The molecule has 1 rings (SSSR count). The molecule has 0 unspecified atom stereocenters. The van der Waals surface area contributed by atoms with E-state index in [1.807, 2.05) is 0 Å². The lowest BCUT2D eigenvalue weighted by molar-refractivity contribution is -0.0262. The molecule has 1 aliphatic carbocycles. The highest BCUT2D eigenvalue weighted by atomic mass is 16.3. The quantitative estimate of drug-likeness (QED) is 0.562. The Labute approximate surface area is 48.5 Å². The van der Waals surface area contributed by atoms with Gasteiger partial charge in [0.25, 0.3) is 0 Å². The number of aliphatic hydroxyl groups is 1. The molecule has 0 spiro atoms. The molecule has 8 heavy (non-hydrogen) atoms. The van der Waals surface area contributed by atoms with Crippen LogP contribution in [0.4, 0.5) is 0 Å². The molecule has 0 bridgehead atoms. The van der Waals surface area contributed by atoms with Crippen molar-refractivity contribution in [2.45, 2.75) is 31.3 Å². The topological polar surface area (TPSA) is 37.3 Å². The van der Waals surface area contributed by atoms with Crippen molar-refractivity contribution >= 4 is 6.29 Å². The first-order valence-corrected chi connectivity index (χ1v) is 2.84. The fourth-order valence-electron chi connectivity index (χ4n) is 0.896. The second-order valence-corrected chi connectivity index (χ2v) is 2.40. The zero-order valence-corrected chi connectivity index (χ0v) is 4.68. The number of carbonyl (C=O) groups excluding carboxylic acids is 1. The fraction of sp³-hybridized carbons (Fsp3) is 0.833. The standard InChI is InChI=1S/C6H9O2/c7-5-4-6(8)2-1-3-6/h8H,1-4H2. The van der Waals surface area contributed by atoms with E-state index in [1.54, 1.807) is 6.29 Å². The Hall–Kier alpha value is -0.370. The molecule has 0 aromatic rings. The van der Waals surface area contributed by atoms with Crippen molar-refractivity contribution < 1.29 is 9.90 Å². The molecule has 0 aromatic heterocycles. The van der Waals surface area contributed by atoms with E-state index in [4.69, 9.17) is 5.11 Å². The fourth-order valence-corrected chi connectivity index (χ4v) is 0.896. The van der Waals surface area contributed by atoms with Crippen LogP contribution in [-0.2, 0) is 4.79 Å². The number of hydrogen-bond acceptors (Lipinski definition) is 2. The van der Waals surface area contributed by atoms with Crippen LogP contribution in [0, 0.1) is 0 Å². The molecule has 0 saturated heterocycles. The van der Waals surface area contributed by atoms with Crippen molar-refractivity contribution in [2.24, 2.45) is 0 Å². The van der Waals surface area contributed by atoms with Crippen LogP contribution in [0.25, 0.3) is 0 Å². The Kier molecular flexibility index (Phi) is 1.34. The van der Waals surface area contributed by atoms with Crippen LogP contribution in [0.1, 0.15) is 25.7 Å². The summed E-state index contributed by atoms with van der Waals surface area (Å²) in [6.07, 6.45) is 4.53. The van der Waals surface area contributed by atoms with Gasteiger partial charge in [0.05, 0.1) is 5.60 Å². The van der Waals surface area contributed by atoms with E-state index in [9.17, 15) is 4.79 Å². The van der Waals surface area contributed by atoms with E-state index in [0.29, 0.717) is 0 Å². The van der Waals surface area contributed by atoms with Gasteiger partial charge in [-0.2, -0.15) is 0 Å². The van der Waals surface area contributed by atoms with Crippen LogP contribution >= 0.6 is 0 Å². The molecule has 45 valence electrons. The zero-order chi connectivity index (χ0) is 6.04. The van der Waals surface area contributed by atoms with Crippen molar-refractivity contribution in [2.75, 3.05) is 0 Å². The molecular formula is C6H9O2. The maximum Gasteiger partial charge on any atom is 0.201 e. The molecule has 2 nitrogen and oxygen atoms in total. The third-order valence-electron chi connectivity index (χ3n) is 1.69. The maximum atomic E-state index is 9.73. The molecule has 0 aromatic carbocycles. The lowest BCUT2D eigenvalue weighted by atomic mass is 9.78. The molecule has 1 aliphatic rings. The van der Waals surface area contributed by atoms with E-state index < -0.39 is 5.60 Å². The second-order valence-electron chi connectivity index (χ2n) is 2.40. The Morgan fingerprint density at radius 2 is 2.25 bits per heavy atom. The van der Waals surface area contributed by atoms with Crippen molar-refractivity contribution in [3.63, 3.8) is 0 Å². The molecule has 0 atom stereocenters. The van der Waals surface area contributed by atoms with E-state index in [1.165, 1.54) is 0 Å². The van der Waals surface area contributed by atoms with E-state index >= 15 is 0 Å². The molecule has 1 saturated carbocycles. The van der Waals surface area contributed by atoms with Crippen molar-refractivity contribution in [1.29, 1.82) is 0 Å². The lowest BCUT2D eigenvalue weighted by Crippen LogP contribution is -2.36. The minimum atomic E-state index is -0.651. The van der Waals surface area contributed by atoms with E-state index in [2.05, 4.69) is 0 Å². The summed E-state index contributed by atoms with van der Waals surface area (Å²) in [4.78, 5) is 9.73. The first-order valence-electron chi connectivity index (χ1n) is 2.84. The molecule has 1 radical (unpaired) electrons. The summed E-state index contributed by atoms with van der Waals surface area (Å²) in [7, 11) is 0. The summed E-state index contributed by atoms with van der Waals surface area (Å²) in [6, 6.07) is 0. The highest BCUT2D eigenvalue weighted by Crippen LogP contribution is 2.33. The highest BCUT2D eigenvalue weighted by Gasteiger charge is 2.33. The van der Waals surface area contributed by atoms with Gasteiger partial charge in [-0.1, -0.05) is 0 Å². The average molecular weight is 113 g/mol. The van der Waals surface area contributed by atoms with Crippen molar-refractivity contribution in [3.8, 4) is 0 Å². The largest absolute Gasteiger partial charge is 0.389 e. The van der Waals surface area contributed by atoms with Crippen LogP contribution < -0.4 is 0 Å². The first-order chi connectivity index (χ1) is 3.77. The zero-order valence-electron chi connectivity index (χ0n) is 4.68.